The monoisotopic (exact) mass is 159 g/mol. The van der Waals surface area contributed by atoms with E-state index >= 15 is 0 Å². The molecule has 0 bridgehead atoms. The number of rotatable bonds is 1. The molecule has 2 aromatic heterocycles. The predicted octanol–water partition coefficient (Wildman–Crippen LogP) is 2.14. The third-order valence-electron chi connectivity index (χ3n) is 1.92. The number of carbonyl (C=O) groups excluding carboxylic acids is 1. The number of Topliss-reactive ketones (excluding diaryl/α,β-unsaturated/α-hetero) is 1. The van der Waals surface area contributed by atoms with Crippen molar-refractivity contribution in [3.05, 3.63) is 42.2 Å². The topological polar surface area (TPSA) is 21.5 Å². The van der Waals surface area contributed by atoms with Gasteiger partial charge in [-0.1, -0.05) is 6.07 Å². The highest BCUT2D eigenvalue weighted by Gasteiger charge is 2.02. The lowest BCUT2D eigenvalue weighted by Gasteiger charge is -2.00. The van der Waals surface area contributed by atoms with Crippen LogP contribution >= 0.6 is 0 Å². The van der Waals surface area contributed by atoms with Gasteiger partial charge < -0.3 is 4.40 Å². The Morgan fingerprint density at radius 2 is 2.00 bits per heavy atom. The molecule has 0 spiro atoms. The number of hydrogen-bond donors (Lipinski definition) is 0. The van der Waals surface area contributed by atoms with Crippen LogP contribution in [-0.2, 0) is 0 Å². The molecule has 0 unspecified atom stereocenters. The van der Waals surface area contributed by atoms with Crippen molar-refractivity contribution in [3.8, 4) is 0 Å². The Morgan fingerprint density at radius 1 is 1.25 bits per heavy atom. The predicted molar refractivity (Wildman–Crippen MR) is 47.4 cm³/mol. The van der Waals surface area contributed by atoms with Crippen molar-refractivity contribution in [1.82, 2.24) is 4.40 Å². The maximum Gasteiger partial charge on any atom is 0.176 e. The lowest BCUT2D eigenvalue weighted by atomic mass is 10.2. The van der Waals surface area contributed by atoms with Crippen LogP contribution in [0.5, 0.6) is 0 Å². The summed E-state index contributed by atoms with van der Waals surface area (Å²) in [5.41, 5.74) is 1.79. The molecule has 0 aliphatic rings. The van der Waals surface area contributed by atoms with E-state index in [-0.39, 0.29) is 5.78 Å². The smallest absolute Gasteiger partial charge is 0.176 e. The van der Waals surface area contributed by atoms with Gasteiger partial charge in [0.15, 0.2) is 5.78 Å². The van der Waals surface area contributed by atoms with Crippen LogP contribution in [0.2, 0.25) is 0 Å². The largest absolute Gasteiger partial charge is 0.314 e. The summed E-state index contributed by atoms with van der Waals surface area (Å²) in [5, 5.41) is 0. The minimum atomic E-state index is 0.0943. The molecule has 2 rings (SSSR count). The number of aromatic nitrogens is 1. The molecule has 2 aromatic rings. The molecule has 0 aliphatic carbocycles. The summed E-state index contributed by atoms with van der Waals surface area (Å²) in [6.45, 7) is 1.58. The molecule has 2 nitrogen and oxygen atoms in total. The van der Waals surface area contributed by atoms with Gasteiger partial charge in [0, 0.05) is 18.6 Å². The highest BCUT2D eigenvalue weighted by Crippen LogP contribution is 2.08. The van der Waals surface area contributed by atoms with E-state index in [9.17, 15) is 4.79 Å². The van der Waals surface area contributed by atoms with Crippen molar-refractivity contribution in [1.29, 1.82) is 0 Å². The van der Waals surface area contributed by atoms with Gasteiger partial charge in [-0.2, -0.15) is 0 Å². The van der Waals surface area contributed by atoms with E-state index in [1.807, 2.05) is 40.9 Å². The van der Waals surface area contributed by atoms with Gasteiger partial charge in [0.1, 0.15) is 0 Å². The lowest BCUT2D eigenvalue weighted by Crippen LogP contribution is -1.99. The summed E-state index contributed by atoms with van der Waals surface area (Å²) in [4.78, 5) is 11.1. The SMILES string of the molecule is CC(=O)c1cccc2cccn12. The second-order valence-corrected chi connectivity index (χ2v) is 2.77. The second kappa shape index (κ2) is 2.48. The van der Waals surface area contributed by atoms with E-state index in [1.165, 1.54) is 0 Å². The van der Waals surface area contributed by atoms with Gasteiger partial charge in [0.25, 0.3) is 0 Å². The van der Waals surface area contributed by atoms with E-state index in [1.54, 1.807) is 6.92 Å². The number of carbonyl (C=O) groups is 1. The summed E-state index contributed by atoms with van der Waals surface area (Å²) in [6, 6.07) is 9.61. The molecule has 0 amide bonds. The van der Waals surface area contributed by atoms with E-state index in [0.29, 0.717) is 0 Å². The molecule has 2 heteroatoms. The van der Waals surface area contributed by atoms with Gasteiger partial charge in [-0.25, -0.2) is 0 Å². The van der Waals surface area contributed by atoms with E-state index < -0.39 is 0 Å². The maximum absolute atomic E-state index is 11.1. The van der Waals surface area contributed by atoms with Crippen LogP contribution in [0, 0.1) is 0 Å². The molecule has 0 radical (unpaired) electrons. The van der Waals surface area contributed by atoms with Crippen LogP contribution in [0.25, 0.3) is 5.52 Å². The van der Waals surface area contributed by atoms with Crippen molar-refractivity contribution in [2.75, 3.05) is 0 Å². The zero-order valence-corrected chi connectivity index (χ0v) is 6.82. The molecule has 0 aliphatic heterocycles. The third kappa shape index (κ3) is 0.925. The summed E-state index contributed by atoms with van der Waals surface area (Å²) < 4.78 is 1.89. The Balaban J connectivity index is 2.82. The van der Waals surface area contributed by atoms with Crippen LogP contribution in [0.1, 0.15) is 17.4 Å². The van der Waals surface area contributed by atoms with Crippen LogP contribution in [0.3, 0.4) is 0 Å². The number of pyridine rings is 1. The summed E-state index contributed by atoms with van der Waals surface area (Å²) in [5.74, 6) is 0.0943. The Hall–Kier alpha value is -1.57. The van der Waals surface area contributed by atoms with Crippen molar-refractivity contribution in [2.45, 2.75) is 6.92 Å². The fraction of sp³-hybridized carbons (Fsp3) is 0.100. The highest BCUT2D eigenvalue weighted by atomic mass is 16.1. The summed E-state index contributed by atoms with van der Waals surface area (Å²) in [7, 11) is 0. The first kappa shape index (κ1) is 7.10. The number of fused-ring (bicyclic) bond motifs is 1. The van der Waals surface area contributed by atoms with Gasteiger partial charge in [-0.05, 0) is 24.3 Å². The fourth-order valence-corrected chi connectivity index (χ4v) is 1.35. The van der Waals surface area contributed by atoms with Gasteiger partial charge in [0.05, 0.1) is 5.69 Å². The third-order valence-corrected chi connectivity index (χ3v) is 1.92. The molecule has 0 fully saturated rings. The maximum atomic E-state index is 11.1. The average Bonchev–Trinajstić information content (AvgIpc) is 2.49. The average molecular weight is 159 g/mol. The Kier molecular flexibility index (Phi) is 1.47. The van der Waals surface area contributed by atoms with Crippen molar-refractivity contribution in [3.63, 3.8) is 0 Å². The first-order valence-corrected chi connectivity index (χ1v) is 3.86. The van der Waals surface area contributed by atoms with Crippen molar-refractivity contribution < 1.29 is 4.79 Å². The van der Waals surface area contributed by atoms with Crippen LogP contribution in [-0.4, -0.2) is 10.2 Å². The Labute approximate surface area is 70.4 Å². The second-order valence-electron chi connectivity index (χ2n) is 2.77. The van der Waals surface area contributed by atoms with Gasteiger partial charge >= 0.3 is 0 Å². The molecular weight excluding hydrogens is 150 g/mol. The first-order valence-electron chi connectivity index (χ1n) is 3.86. The molecule has 0 saturated carbocycles. The summed E-state index contributed by atoms with van der Waals surface area (Å²) >= 11 is 0. The molecule has 60 valence electrons. The molecule has 2 heterocycles. The van der Waals surface area contributed by atoms with Crippen LogP contribution < -0.4 is 0 Å². The fourth-order valence-electron chi connectivity index (χ4n) is 1.35. The number of nitrogens with zero attached hydrogens (tertiary/aromatic N) is 1. The normalized spacial score (nSPS) is 10.4. The first-order chi connectivity index (χ1) is 5.79. The lowest BCUT2D eigenvalue weighted by molar-refractivity contribution is 0.101. The highest BCUT2D eigenvalue weighted by molar-refractivity contribution is 5.93. The van der Waals surface area contributed by atoms with E-state index in [2.05, 4.69) is 0 Å². The molecule has 0 N–H and O–H groups in total. The Morgan fingerprint density at radius 3 is 2.75 bits per heavy atom. The van der Waals surface area contributed by atoms with Crippen molar-refractivity contribution >= 4 is 11.3 Å². The van der Waals surface area contributed by atoms with Crippen LogP contribution in [0.4, 0.5) is 0 Å². The quantitative estimate of drug-likeness (QED) is 0.584. The molecule has 12 heavy (non-hydrogen) atoms. The molecular formula is C10H9NO. The molecule has 0 aromatic carbocycles. The minimum Gasteiger partial charge on any atom is -0.314 e. The van der Waals surface area contributed by atoms with E-state index in [0.717, 1.165) is 11.2 Å². The summed E-state index contributed by atoms with van der Waals surface area (Å²) in [6.07, 6.45) is 1.89. The van der Waals surface area contributed by atoms with Gasteiger partial charge in [-0.3, -0.25) is 4.79 Å². The zero-order chi connectivity index (χ0) is 8.55. The van der Waals surface area contributed by atoms with Crippen molar-refractivity contribution in [2.24, 2.45) is 0 Å². The number of hydrogen-bond acceptors (Lipinski definition) is 1. The van der Waals surface area contributed by atoms with Gasteiger partial charge in [-0.15, -0.1) is 0 Å². The minimum absolute atomic E-state index is 0.0943. The van der Waals surface area contributed by atoms with E-state index in [4.69, 9.17) is 0 Å². The zero-order valence-electron chi connectivity index (χ0n) is 6.82. The number of ketones is 1. The molecule has 0 atom stereocenters. The Bertz CT molecular complexity index is 428. The standard InChI is InChI=1S/C10H9NO/c1-8(12)10-6-2-4-9-5-3-7-11(9)10/h2-7H,1H3. The van der Waals surface area contributed by atoms with Gasteiger partial charge in [0.2, 0.25) is 0 Å². The molecule has 0 saturated heterocycles. The van der Waals surface area contributed by atoms with Crippen LogP contribution in [0.15, 0.2) is 36.5 Å².